The first-order valence-electron chi connectivity index (χ1n) is 7.20. The fourth-order valence-corrected chi connectivity index (χ4v) is 1.73. The van der Waals surface area contributed by atoms with Gasteiger partial charge in [-0.2, -0.15) is 15.0 Å². The molecule has 1 aromatic heterocycles. The summed E-state index contributed by atoms with van der Waals surface area (Å²) < 4.78 is 0. The summed E-state index contributed by atoms with van der Waals surface area (Å²) in [6, 6.07) is 0. The van der Waals surface area contributed by atoms with Gasteiger partial charge < -0.3 is 10.2 Å². The fraction of sp³-hybridized carbons (Fsp3) is 0.786. The van der Waals surface area contributed by atoms with Gasteiger partial charge in [-0.05, 0) is 36.8 Å². The molecule has 0 bridgehead atoms. The predicted octanol–water partition coefficient (Wildman–Crippen LogP) is 3.47. The Hall–Kier alpha value is -1.10. The van der Waals surface area contributed by atoms with Crippen molar-refractivity contribution in [1.82, 2.24) is 15.0 Å². The van der Waals surface area contributed by atoms with Crippen molar-refractivity contribution < 1.29 is 0 Å². The van der Waals surface area contributed by atoms with Crippen molar-refractivity contribution in [2.24, 2.45) is 11.3 Å². The molecule has 1 heterocycles. The molecule has 5 nitrogen and oxygen atoms in total. The topological polar surface area (TPSA) is 53.9 Å². The van der Waals surface area contributed by atoms with E-state index in [-0.39, 0.29) is 10.7 Å². The lowest BCUT2D eigenvalue weighted by Gasteiger charge is -2.29. The predicted molar refractivity (Wildman–Crippen MR) is 85.5 cm³/mol. The van der Waals surface area contributed by atoms with Crippen LogP contribution in [0.15, 0.2) is 0 Å². The molecule has 0 radical (unpaired) electrons. The second kappa shape index (κ2) is 7.07. The second-order valence-electron chi connectivity index (χ2n) is 5.90. The van der Waals surface area contributed by atoms with Gasteiger partial charge >= 0.3 is 0 Å². The van der Waals surface area contributed by atoms with E-state index in [1.165, 1.54) is 0 Å². The first-order valence-corrected chi connectivity index (χ1v) is 7.58. The van der Waals surface area contributed by atoms with E-state index in [0.717, 1.165) is 19.6 Å². The van der Waals surface area contributed by atoms with E-state index in [9.17, 15) is 0 Å². The summed E-state index contributed by atoms with van der Waals surface area (Å²) in [6.45, 7) is 15.5. The second-order valence-corrected chi connectivity index (χ2v) is 6.24. The largest absolute Gasteiger partial charge is 0.353 e. The lowest BCUT2D eigenvalue weighted by atomic mass is 9.81. The van der Waals surface area contributed by atoms with Gasteiger partial charge in [0, 0.05) is 19.6 Å². The highest BCUT2D eigenvalue weighted by molar-refractivity contribution is 6.28. The van der Waals surface area contributed by atoms with Crippen molar-refractivity contribution in [3.05, 3.63) is 5.28 Å². The van der Waals surface area contributed by atoms with Crippen molar-refractivity contribution in [1.29, 1.82) is 0 Å². The molecule has 0 aliphatic heterocycles. The van der Waals surface area contributed by atoms with Crippen molar-refractivity contribution in [2.75, 3.05) is 29.9 Å². The first-order chi connectivity index (χ1) is 9.30. The highest BCUT2D eigenvalue weighted by Crippen LogP contribution is 2.26. The number of nitrogens with one attached hydrogen (secondary N) is 1. The Morgan fingerprint density at radius 2 is 1.75 bits per heavy atom. The minimum atomic E-state index is 0.161. The summed E-state index contributed by atoms with van der Waals surface area (Å²) in [5.41, 5.74) is 0.161. The monoisotopic (exact) mass is 299 g/mol. The van der Waals surface area contributed by atoms with Crippen LogP contribution < -0.4 is 10.2 Å². The number of anilines is 2. The smallest absolute Gasteiger partial charge is 0.231 e. The molecule has 6 heteroatoms. The molecule has 0 aliphatic rings. The van der Waals surface area contributed by atoms with Crippen LogP contribution in [0.25, 0.3) is 0 Å². The van der Waals surface area contributed by atoms with Gasteiger partial charge in [-0.3, -0.25) is 0 Å². The molecular weight excluding hydrogens is 274 g/mol. The van der Waals surface area contributed by atoms with Gasteiger partial charge in [0.2, 0.25) is 17.2 Å². The third kappa shape index (κ3) is 4.47. The van der Waals surface area contributed by atoms with Crippen LogP contribution >= 0.6 is 11.6 Å². The maximum Gasteiger partial charge on any atom is 0.231 e. The van der Waals surface area contributed by atoms with Crippen LogP contribution in [0.3, 0.4) is 0 Å². The zero-order chi connectivity index (χ0) is 15.3. The fourth-order valence-electron chi connectivity index (χ4n) is 1.58. The third-order valence-electron chi connectivity index (χ3n) is 3.91. The number of rotatable bonds is 7. The zero-order valence-corrected chi connectivity index (χ0v) is 14.1. The van der Waals surface area contributed by atoms with Gasteiger partial charge in [0.15, 0.2) is 0 Å². The summed E-state index contributed by atoms with van der Waals surface area (Å²) in [6.07, 6.45) is 0. The van der Waals surface area contributed by atoms with Gasteiger partial charge in [-0.15, -0.1) is 0 Å². The standard InChI is InChI=1S/C14H26ClN5/c1-7-20(8-2)13-18-11(15)17-12(19-13)16-9-14(5,6)10(3)4/h10H,7-9H2,1-6H3,(H,16,17,18,19). The van der Waals surface area contributed by atoms with Crippen molar-refractivity contribution >= 4 is 23.5 Å². The molecule has 1 aromatic rings. The number of aromatic nitrogens is 3. The molecule has 0 spiro atoms. The molecule has 0 atom stereocenters. The lowest BCUT2D eigenvalue weighted by molar-refractivity contribution is 0.269. The molecule has 0 unspecified atom stereocenters. The molecule has 0 amide bonds. The Balaban J connectivity index is 2.86. The van der Waals surface area contributed by atoms with Gasteiger partial charge in [0.05, 0.1) is 0 Å². The maximum absolute atomic E-state index is 5.99. The molecule has 1 rings (SSSR count). The molecule has 0 aromatic carbocycles. The highest BCUT2D eigenvalue weighted by Gasteiger charge is 2.22. The summed E-state index contributed by atoms with van der Waals surface area (Å²) in [4.78, 5) is 14.8. The van der Waals surface area contributed by atoms with E-state index in [0.29, 0.717) is 17.8 Å². The van der Waals surface area contributed by atoms with Gasteiger partial charge in [-0.25, -0.2) is 0 Å². The molecule has 114 valence electrons. The van der Waals surface area contributed by atoms with Crippen molar-refractivity contribution in [3.63, 3.8) is 0 Å². The first kappa shape index (κ1) is 17.0. The molecular formula is C14H26ClN5. The Kier molecular flexibility index (Phi) is 5.99. The molecule has 0 saturated heterocycles. The van der Waals surface area contributed by atoms with Crippen LogP contribution in [0.1, 0.15) is 41.5 Å². The minimum Gasteiger partial charge on any atom is -0.353 e. The number of halogens is 1. The number of hydrogen-bond donors (Lipinski definition) is 1. The van der Waals surface area contributed by atoms with Crippen LogP contribution in [-0.4, -0.2) is 34.6 Å². The van der Waals surface area contributed by atoms with E-state index in [4.69, 9.17) is 11.6 Å². The Labute approximate surface area is 127 Å². The number of hydrogen-bond acceptors (Lipinski definition) is 5. The van der Waals surface area contributed by atoms with Crippen LogP contribution in [-0.2, 0) is 0 Å². The van der Waals surface area contributed by atoms with Crippen LogP contribution in [0.4, 0.5) is 11.9 Å². The molecule has 0 aliphatic carbocycles. The van der Waals surface area contributed by atoms with Crippen LogP contribution in [0.5, 0.6) is 0 Å². The van der Waals surface area contributed by atoms with E-state index in [1.807, 2.05) is 4.90 Å². The minimum absolute atomic E-state index is 0.161. The Morgan fingerprint density at radius 1 is 1.15 bits per heavy atom. The van der Waals surface area contributed by atoms with E-state index < -0.39 is 0 Å². The summed E-state index contributed by atoms with van der Waals surface area (Å²) in [5.74, 6) is 1.73. The van der Waals surface area contributed by atoms with Crippen molar-refractivity contribution in [2.45, 2.75) is 41.5 Å². The van der Waals surface area contributed by atoms with Gasteiger partial charge in [-0.1, -0.05) is 27.7 Å². The number of nitrogens with zero attached hydrogens (tertiary/aromatic N) is 4. The Morgan fingerprint density at radius 3 is 2.25 bits per heavy atom. The average Bonchev–Trinajstić information content (AvgIpc) is 2.37. The normalized spacial score (nSPS) is 11.8. The van der Waals surface area contributed by atoms with E-state index >= 15 is 0 Å². The van der Waals surface area contributed by atoms with Crippen LogP contribution in [0.2, 0.25) is 5.28 Å². The molecule has 1 N–H and O–H groups in total. The average molecular weight is 300 g/mol. The van der Waals surface area contributed by atoms with Crippen molar-refractivity contribution in [3.8, 4) is 0 Å². The summed E-state index contributed by atoms with van der Waals surface area (Å²) in [7, 11) is 0. The molecule has 20 heavy (non-hydrogen) atoms. The molecule has 0 saturated carbocycles. The maximum atomic E-state index is 5.99. The quantitative estimate of drug-likeness (QED) is 0.835. The van der Waals surface area contributed by atoms with E-state index in [2.05, 4.69) is 61.8 Å². The Bertz CT molecular complexity index is 430. The van der Waals surface area contributed by atoms with Gasteiger partial charge in [0.25, 0.3) is 0 Å². The summed E-state index contributed by atoms with van der Waals surface area (Å²) >= 11 is 5.99. The zero-order valence-electron chi connectivity index (χ0n) is 13.4. The SMILES string of the molecule is CCN(CC)c1nc(Cl)nc(NCC(C)(C)C(C)C)n1. The lowest BCUT2D eigenvalue weighted by Crippen LogP contribution is -2.30. The van der Waals surface area contributed by atoms with Crippen LogP contribution in [0, 0.1) is 11.3 Å². The van der Waals surface area contributed by atoms with Gasteiger partial charge in [0.1, 0.15) is 0 Å². The molecule has 0 fully saturated rings. The third-order valence-corrected chi connectivity index (χ3v) is 4.08. The van der Waals surface area contributed by atoms with E-state index in [1.54, 1.807) is 0 Å². The highest BCUT2D eigenvalue weighted by atomic mass is 35.5. The summed E-state index contributed by atoms with van der Waals surface area (Å²) in [5, 5.41) is 3.51.